The van der Waals surface area contributed by atoms with Crippen molar-refractivity contribution in [3.63, 3.8) is 0 Å². The van der Waals surface area contributed by atoms with Crippen molar-refractivity contribution in [2.45, 2.75) is 64.2 Å². The lowest BCUT2D eigenvalue weighted by Crippen LogP contribution is -2.42. The molecule has 0 aliphatic rings. The first-order chi connectivity index (χ1) is 22.5. The Balaban J connectivity index is 1.36. The third kappa shape index (κ3) is 13.9. The molecule has 0 heterocycles. The number of unbranched alkanes of at least 4 members (excludes halogenated alkanes) is 1. The zero-order valence-electron chi connectivity index (χ0n) is 28.2. The largest absolute Gasteiger partial charge is 0.494 e. The number of hydrogen-bond donors (Lipinski definition) is 2. The van der Waals surface area contributed by atoms with Crippen molar-refractivity contribution in [3.8, 4) is 11.5 Å². The molecule has 13 heteroatoms. The van der Waals surface area contributed by atoms with Crippen LogP contribution >= 0.6 is 0 Å². The Morgan fingerprint density at radius 1 is 0.771 bits per heavy atom. The van der Waals surface area contributed by atoms with Gasteiger partial charge in [-0.25, -0.2) is 9.59 Å². The van der Waals surface area contributed by atoms with Gasteiger partial charge in [-0.15, -0.1) is 0 Å². The fraction of sp³-hybridized carbons (Fsp3) is 0.371. The molecule has 0 saturated carbocycles. The normalized spacial score (nSPS) is 12.1. The number of nitrogens with two attached hydrogens (primary N) is 2. The molecule has 0 atom stereocenters. The number of esters is 2. The Labute approximate surface area is 283 Å². The van der Waals surface area contributed by atoms with Crippen molar-refractivity contribution in [1.29, 1.82) is 0 Å². The second-order valence-electron chi connectivity index (χ2n) is 12.9. The van der Waals surface area contributed by atoms with E-state index in [-0.39, 0.29) is 30.1 Å². The van der Waals surface area contributed by atoms with E-state index >= 15 is 0 Å². The number of rotatable bonds is 18. The monoisotopic (exact) mass is 700 g/mol. The molecule has 0 saturated heterocycles. The highest BCUT2D eigenvalue weighted by atomic mass is 28.4. The predicted octanol–water partition coefficient (Wildman–Crippen LogP) is 8.00. The van der Waals surface area contributed by atoms with Gasteiger partial charge in [0.25, 0.3) is 0 Å². The average molecular weight is 701 g/mol. The van der Waals surface area contributed by atoms with Gasteiger partial charge in [0.1, 0.15) is 11.5 Å². The van der Waals surface area contributed by atoms with Crippen LogP contribution in [0.2, 0.25) is 38.8 Å². The van der Waals surface area contributed by atoms with E-state index in [1.54, 1.807) is 18.2 Å². The van der Waals surface area contributed by atoms with Crippen LogP contribution in [0.15, 0.2) is 72.8 Å². The fourth-order valence-electron chi connectivity index (χ4n) is 4.80. The second kappa shape index (κ2) is 17.3. The lowest BCUT2D eigenvalue weighted by Gasteiger charge is -2.31. The van der Waals surface area contributed by atoms with E-state index in [9.17, 15) is 18.4 Å². The number of ether oxygens (including phenoxy) is 4. The quantitative estimate of drug-likeness (QED) is 0.0445. The van der Waals surface area contributed by atoms with Gasteiger partial charge in [0.2, 0.25) is 0 Å². The Bertz CT molecular complexity index is 1510. The molecule has 0 aliphatic heterocycles. The van der Waals surface area contributed by atoms with Gasteiger partial charge < -0.3 is 34.5 Å². The van der Waals surface area contributed by atoms with Crippen molar-refractivity contribution in [1.82, 2.24) is 0 Å². The maximum absolute atomic E-state index is 14.9. The number of benzene rings is 3. The number of halogens is 2. The van der Waals surface area contributed by atoms with Crippen LogP contribution in [0.3, 0.4) is 0 Å². The van der Waals surface area contributed by atoms with Crippen molar-refractivity contribution in [3.05, 3.63) is 89.5 Å². The summed E-state index contributed by atoms with van der Waals surface area (Å²) in [7, 11) is -3.35. The molecule has 0 unspecified atom stereocenters. The number of carbonyl (C=O) groups is 2. The van der Waals surface area contributed by atoms with Gasteiger partial charge in [-0.05, 0) is 124 Å². The van der Waals surface area contributed by atoms with E-state index in [0.717, 1.165) is 12.5 Å². The standard InChI is InChI=1S/C35H46F2N2O7Si2/c1-47(2,3)46-48(4,5)22-8-21-42-31-16-12-28(13-17-31)35(36,37)45-32-14-9-26(10-15-32)11-18-33(40)43-19-6-7-20-44-34(41)27-23-29(38)25-30(39)24-27/h9-18,23-25H,6-8,19-22,38-39H2,1-5H3/b18-11+. The van der Waals surface area contributed by atoms with Crippen LogP contribution in [-0.4, -0.2) is 48.4 Å². The number of carbonyl (C=O) groups excluding carboxylic acids is 2. The first-order valence-corrected chi connectivity index (χ1v) is 22.3. The van der Waals surface area contributed by atoms with Crippen molar-refractivity contribution < 1.29 is 41.4 Å². The van der Waals surface area contributed by atoms with Crippen LogP contribution in [0.1, 0.15) is 40.7 Å². The first-order valence-electron chi connectivity index (χ1n) is 15.8. The topological polar surface area (TPSA) is 132 Å². The van der Waals surface area contributed by atoms with Gasteiger partial charge in [0.15, 0.2) is 16.6 Å². The smallest absolute Gasteiger partial charge is 0.426 e. The van der Waals surface area contributed by atoms with E-state index in [2.05, 4.69) is 32.7 Å². The van der Waals surface area contributed by atoms with Gasteiger partial charge in [-0.2, -0.15) is 8.78 Å². The summed E-state index contributed by atoms with van der Waals surface area (Å²) >= 11 is 0. The van der Waals surface area contributed by atoms with Crippen LogP contribution in [0, 0.1) is 0 Å². The minimum absolute atomic E-state index is 0.0349. The summed E-state index contributed by atoms with van der Waals surface area (Å²) in [5, 5.41) is 0. The summed E-state index contributed by atoms with van der Waals surface area (Å²) in [4.78, 5) is 24.1. The summed E-state index contributed by atoms with van der Waals surface area (Å²) in [6.45, 7) is 11.7. The minimum Gasteiger partial charge on any atom is -0.494 e. The summed E-state index contributed by atoms with van der Waals surface area (Å²) in [5.41, 5.74) is 12.7. The van der Waals surface area contributed by atoms with E-state index in [0.29, 0.717) is 42.1 Å². The van der Waals surface area contributed by atoms with Crippen molar-refractivity contribution >= 4 is 46.0 Å². The molecule has 48 heavy (non-hydrogen) atoms. The van der Waals surface area contributed by atoms with E-state index in [1.807, 2.05) is 0 Å². The van der Waals surface area contributed by atoms with Crippen LogP contribution in [0.25, 0.3) is 6.08 Å². The Morgan fingerprint density at radius 2 is 1.35 bits per heavy atom. The molecule has 0 amide bonds. The van der Waals surface area contributed by atoms with Crippen LogP contribution in [0.5, 0.6) is 11.5 Å². The molecule has 4 N–H and O–H groups in total. The fourth-order valence-corrected chi connectivity index (χ4v) is 12.8. The SMILES string of the molecule is C[Si](C)(C)O[Si](C)(C)CCCOc1ccc(C(F)(F)Oc2ccc(/C=C/C(=O)OCCCCOC(=O)c3cc(N)cc(N)c3)cc2)cc1. The van der Waals surface area contributed by atoms with Crippen molar-refractivity contribution in [2.75, 3.05) is 31.3 Å². The number of nitrogen functional groups attached to an aromatic ring is 2. The molecule has 0 aromatic heterocycles. The maximum atomic E-state index is 14.9. The van der Waals surface area contributed by atoms with E-state index in [1.165, 1.54) is 60.7 Å². The molecule has 260 valence electrons. The molecule has 0 bridgehead atoms. The van der Waals surface area contributed by atoms with Gasteiger partial charge in [-0.1, -0.05) is 12.1 Å². The van der Waals surface area contributed by atoms with Gasteiger partial charge in [0, 0.05) is 17.5 Å². The van der Waals surface area contributed by atoms with E-state index in [4.69, 9.17) is 34.5 Å². The third-order valence-corrected chi connectivity index (χ3v) is 12.9. The van der Waals surface area contributed by atoms with Crippen LogP contribution in [-0.2, 0) is 24.5 Å². The zero-order chi connectivity index (χ0) is 35.4. The summed E-state index contributed by atoms with van der Waals surface area (Å²) in [5.74, 6) is -0.628. The lowest BCUT2D eigenvalue weighted by molar-refractivity contribution is -0.185. The molecule has 0 fully saturated rings. The van der Waals surface area contributed by atoms with Gasteiger partial charge in [-0.3, -0.25) is 0 Å². The number of hydrogen-bond acceptors (Lipinski definition) is 9. The first kappa shape index (κ1) is 38.2. The summed E-state index contributed by atoms with van der Waals surface area (Å²) < 4.78 is 57.2. The Morgan fingerprint density at radius 3 is 1.96 bits per heavy atom. The maximum Gasteiger partial charge on any atom is 0.426 e. The molecular weight excluding hydrogens is 655 g/mol. The van der Waals surface area contributed by atoms with Gasteiger partial charge in [0.05, 0.1) is 30.9 Å². The number of alkyl halides is 2. The molecule has 3 aromatic rings. The predicted molar refractivity (Wildman–Crippen MR) is 189 cm³/mol. The molecule has 9 nitrogen and oxygen atoms in total. The highest BCUT2D eigenvalue weighted by molar-refractivity contribution is 6.84. The highest BCUT2D eigenvalue weighted by Crippen LogP contribution is 2.33. The second-order valence-corrected chi connectivity index (χ2v) is 21.9. The molecule has 3 rings (SSSR count). The van der Waals surface area contributed by atoms with Crippen molar-refractivity contribution in [2.24, 2.45) is 0 Å². The molecule has 3 aromatic carbocycles. The van der Waals surface area contributed by atoms with Crippen LogP contribution < -0.4 is 20.9 Å². The Hall–Kier alpha value is -4.21. The average Bonchev–Trinajstić information content (AvgIpc) is 2.99. The molecule has 0 aliphatic carbocycles. The zero-order valence-corrected chi connectivity index (χ0v) is 30.2. The molecule has 0 radical (unpaired) electrons. The molecular formula is C35H46F2N2O7Si2. The third-order valence-electron chi connectivity index (χ3n) is 6.73. The van der Waals surface area contributed by atoms with Gasteiger partial charge >= 0.3 is 18.0 Å². The highest BCUT2D eigenvalue weighted by Gasteiger charge is 2.34. The number of anilines is 2. The summed E-state index contributed by atoms with van der Waals surface area (Å²) in [6, 6.07) is 16.9. The Kier molecular flexibility index (Phi) is 13.8. The minimum atomic E-state index is -3.56. The summed E-state index contributed by atoms with van der Waals surface area (Å²) in [6.07, 6.45) is 0.981. The van der Waals surface area contributed by atoms with Crippen LogP contribution in [0.4, 0.5) is 20.2 Å². The molecule has 0 spiro atoms. The van der Waals surface area contributed by atoms with E-state index < -0.39 is 34.7 Å². The lowest BCUT2D eigenvalue weighted by atomic mass is 10.2.